The number of hydrogen-bond acceptors (Lipinski definition) is 2. The molecule has 254 valence electrons. The van der Waals surface area contributed by atoms with Gasteiger partial charge in [0.15, 0.2) is 0 Å². The van der Waals surface area contributed by atoms with Gasteiger partial charge in [-0.15, -0.1) is 0 Å². The third-order valence-corrected chi connectivity index (χ3v) is 14.8. The number of hydrogen-bond donors (Lipinski definition) is 0. The Bertz CT molecular complexity index is 2340. The Morgan fingerprint density at radius 3 is 0.904 bits per heavy atom. The quantitative estimate of drug-likeness (QED) is 0.133. The molecule has 9 rings (SSSR count). The highest BCUT2D eigenvalue weighted by molar-refractivity contribution is 6.95. The van der Waals surface area contributed by atoms with Crippen LogP contribution in [0.3, 0.4) is 0 Å². The van der Waals surface area contributed by atoms with Crippen LogP contribution in [0.2, 0.25) is 39.3 Å². The fourth-order valence-electron chi connectivity index (χ4n) is 8.60. The third-order valence-electron chi connectivity index (χ3n) is 10.7. The summed E-state index contributed by atoms with van der Waals surface area (Å²) in [7, 11) is -3.78. The number of nitrogens with zero attached hydrogens (tertiary/aromatic N) is 2. The van der Waals surface area contributed by atoms with Crippen molar-refractivity contribution in [1.82, 2.24) is 0 Å². The monoisotopic (exact) mass is 704 g/mol. The first-order chi connectivity index (χ1) is 25.1. The van der Waals surface area contributed by atoms with E-state index in [9.17, 15) is 0 Å². The van der Waals surface area contributed by atoms with E-state index in [0.717, 1.165) is 0 Å². The lowest BCUT2D eigenvalue weighted by atomic mass is 10.00. The van der Waals surface area contributed by atoms with Gasteiger partial charge in [0.2, 0.25) is 0 Å². The van der Waals surface area contributed by atoms with Gasteiger partial charge in [-0.25, -0.2) is 0 Å². The molecule has 0 aromatic heterocycles. The normalized spacial score (nSPS) is 13.7. The highest BCUT2D eigenvalue weighted by atomic mass is 28.3. The maximum atomic E-state index is 2.52. The van der Waals surface area contributed by atoms with Crippen molar-refractivity contribution in [3.8, 4) is 0 Å². The van der Waals surface area contributed by atoms with Gasteiger partial charge >= 0.3 is 0 Å². The molecule has 0 radical (unpaired) electrons. The van der Waals surface area contributed by atoms with Crippen LogP contribution in [0.25, 0.3) is 45.8 Å². The molecule has 0 bridgehead atoms. The molecule has 0 fully saturated rings. The molecule has 52 heavy (non-hydrogen) atoms. The van der Waals surface area contributed by atoms with E-state index in [-0.39, 0.29) is 0 Å². The Morgan fingerprint density at radius 2 is 0.615 bits per heavy atom. The van der Waals surface area contributed by atoms with Crippen molar-refractivity contribution in [2.75, 3.05) is 9.80 Å². The second kappa shape index (κ2) is 12.1. The number of benzene rings is 7. The van der Waals surface area contributed by atoms with Crippen LogP contribution in [-0.2, 0) is 0 Å². The molecule has 0 saturated carbocycles. The van der Waals surface area contributed by atoms with E-state index in [1.165, 1.54) is 77.9 Å². The minimum atomic E-state index is -1.89. The van der Waals surface area contributed by atoms with E-state index in [0.29, 0.717) is 0 Å². The van der Waals surface area contributed by atoms with E-state index >= 15 is 0 Å². The van der Waals surface area contributed by atoms with Crippen LogP contribution in [0.15, 0.2) is 133 Å². The SMILES string of the molecule is C[Si](C)(C)c1c2ccc(N3c4ccccc4C=Cc4ccccc43)cc2c([Si](C)(C)C)c2ccc(N3c4ccccc4C=Cc4ccccc43)cc12. The second-order valence-corrected chi connectivity index (χ2v) is 26.3. The minimum absolute atomic E-state index is 1.21. The maximum Gasteiger partial charge on any atom is 0.0792 e. The first-order valence-corrected chi connectivity index (χ1v) is 25.4. The molecule has 0 aliphatic carbocycles. The van der Waals surface area contributed by atoms with Crippen LogP contribution < -0.4 is 20.2 Å². The van der Waals surface area contributed by atoms with Crippen LogP contribution >= 0.6 is 0 Å². The molecule has 0 N–H and O–H groups in total. The highest BCUT2D eigenvalue weighted by Gasteiger charge is 2.31. The smallest absolute Gasteiger partial charge is 0.0792 e. The van der Waals surface area contributed by atoms with Gasteiger partial charge in [-0.2, -0.15) is 0 Å². The first-order valence-electron chi connectivity index (χ1n) is 18.4. The van der Waals surface area contributed by atoms with Crippen molar-refractivity contribution >= 4 is 106 Å². The molecule has 4 heteroatoms. The zero-order valence-corrected chi connectivity index (χ0v) is 32.9. The van der Waals surface area contributed by atoms with Crippen molar-refractivity contribution in [3.05, 3.63) is 156 Å². The molecule has 2 nitrogen and oxygen atoms in total. The van der Waals surface area contributed by atoms with Gasteiger partial charge in [0.25, 0.3) is 0 Å². The number of anilines is 6. The predicted molar refractivity (Wildman–Crippen MR) is 235 cm³/mol. The van der Waals surface area contributed by atoms with Gasteiger partial charge in [-0.1, -0.05) is 149 Å². The molecule has 0 saturated heterocycles. The lowest BCUT2D eigenvalue weighted by Crippen LogP contribution is -2.44. The third kappa shape index (κ3) is 5.28. The number of rotatable bonds is 4. The summed E-state index contributed by atoms with van der Waals surface area (Å²) < 4.78 is 0. The molecule has 2 aliphatic heterocycles. The zero-order chi connectivity index (χ0) is 35.8. The van der Waals surface area contributed by atoms with Crippen molar-refractivity contribution in [2.45, 2.75) is 39.3 Å². The summed E-state index contributed by atoms with van der Waals surface area (Å²) >= 11 is 0. The maximum absolute atomic E-state index is 2.52. The largest absolute Gasteiger partial charge is 0.309 e. The van der Waals surface area contributed by atoms with Crippen LogP contribution in [0.1, 0.15) is 22.3 Å². The zero-order valence-electron chi connectivity index (χ0n) is 30.9. The van der Waals surface area contributed by atoms with Gasteiger partial charge in [-0.3, -0.25) is 0 Å². The van der Waals surface area contributed by atoms with E-state index in [4.69, 9.17) is 0 Å². The Hall–Kier alpha value is -5.43. The van der Waals surface area contributed by atoms with Crippen molar-refractivity contribution in [2.24, 2.45) is 0 Å². The minimum Gasteiger partial charge on any atom is -0.309 e. The summed E-state index contributed by atoms with van der Waals surface area (Å²) in [5.41, 5.74) is 12.2. The van der Waals surface area contributed by atoms with Crippen LogP contribution in [-0.4, -0.2) is 16.1 Å². The lowest BCUT2D eigenvalue weighted by molar-refractivity contribution is 1.28. The predicted octanol–water partition coefficient (Wildman–Crippen LogP) is 13.0. The Morgan fingerprint density at radius 1 is 0.327 bits per heavy atom. The number of fused-ring (bicyclic) bond motifs is 6. The van der Waals surface area contributed by atoms with Crippen LogP contribution in [0.4, 0.5) is 34.1 Å². The van der Waals surface area contributed by atoms with Gasteiger partial charge in [0.1, 0.15) is 0 Å². The molecule has 0 unspecified atom stereocenters. The van der Waals surface area contributed by atoms with Gasteiger partial charge in [0, 0.05) is 11.4 Å². The molecule has 0 amide bonds. The molecule has 0 atom stereocenters. The summed E-state index contributed by atoms with van der Waals surface area (Å²) in [5.74, 6) is 0. The molecular formula is C48H44N2Si2. The summed E-state index contributed by atoms with van der Waals surface area (Å²) in [5, 5.41) is 8.74. The average Bonchev–Trinajstić information content (AvgIpc) is 3.40. The highest BCUT2D eigenvalue weighted by Crippen LogP contribution is 2.45. The fourth-order valence-corrected chi connectivity index (χ4v) is 12.7. The molecular weight excluding hydrogens is 661 g/mol. The molecule has 0 spiro atoms. The Kier molecular flexibility index (Phi) is 7.55. The van der Waals surface area contributed by atoms with Crippen molar-refractivity contribution < 1.29 is 0 Å². The van der Waals surface area contributed by atoms with E-state index in [2.05, 4.69) is 207 Å². The topological polar surface area (TPSA) is 6.48 Å². The van der Waals surface area contributed by atoms with E-state index in [1.807, 2.05) is 0 Å². The standard InChI is InChI=1S/C48H44N2Si2/c1-51(2,3)47-39-29-27-38(50-45-21-13-9-17-35(45)25-26-36-18-10-14-22-46(36)50)32-42(39)48(52(4,5)6)40-30-28-37(31-41(40)47)49-43-19-11-7-15-33(43)23-24-34-16-8-12-20-44(34)49/h7-32H,1-6H3. The molecule has 7 aromatic rings. The summed E-state index contributed by atoms with van der Waals surface area (Å²) in [6.07, 6.45) is 9.03. The van der Waals surface area contributed by atoms with E-state index < -0.39 is 16.1 Å². The van der Waals surface area contributed by atoms with Crippen LogP contribution in [0.5, 0.6) is 0 Å². The van der Waals surface area contributed by atoms with Crippen LogP contribution in [0, 0.1) is 0 Å². The average molecular weight is 705 g/mol. The summed E-state index contributed by atoms with van der Waals surface area (Å²) in [6.45, 7) is 15.1. The Labute approximate surface area is 310 Å². The second-order valence-electron chi connectivity index (χ2n) is 16.3. The van der Waals surface area contributed by atoms with Gasteiger partial charge in [0.05, 0.1) is 38.9 Å². The van der Waals surface area contributed by atoms with Gasteiger partial charge < -0.3 is 9.80 Å². The summed E-state index contributed by atoms with van der Waals surface area (Å²) in [4.78, 5) is 4.95. The fraction of sp³-hybridized carbons (Fsp3) is 0.125. The summed E-state index contributed by atoms with van der Waals surface area (Å²) in [6, 6.07) is 49.9. The lowest BCUT2D eigenvalue weighted by Gasteiger charge is -2.32. The molecule has 2 aliphatic rings. The number of para-hydroxylation sites is 4. The molecule has 2 heterocycles. The Balaban J connectivity index is 1.34. The van der Waals surface area contributed by atoms with Crippen molar-refractivity contribution in [3.63, 3.8) is 0 Å². The van der Waals surface area contributed by atoms with E-state index in [1.54, 1.807) is 10.4 Å². The van der Waals surface area contributed by atoms with Crippen molar-refractivity contribution in [1.29, 1.82) is 0 Å². The van der Waals surface area contributed by atoms with Gasteiger partial charge in [-0.05, 0) is 103 Å². The molecule has 7 aromatic carbocycles. The first kappa shape index (κ1) is 32.5.